The van der Waals surface area contributed by atoms with Crippen LogP contribution < -0.4 is 5.32 Å². The second kappa shape index (κ2) is 13.9. The molecule has 1 saturated carbocycles. The number of rotatable bonds is 9. The molecule has 4 aliphatic rings. The van der Waals surface area contributed by atoms with Crippen LogP contribution in [0.2, 0.25) is 0 Å². The number of H-pyrrole nitrogens is 2. The Morgan fingerprint density at radius 3 is 2.48 bits per heavy atom. The highest BCUT2D eigenvalue weighted by atomic mass is 16.2. The molecule has 2 aromatic carbocycles. The summed E-state index contributed by atoms with van der Waals surface area (Å²) in [5.74, 6) is 10.2. The molecule has 2 aromatic heterocycles. The minimum Gasteiger partial charge on any atom is -0.347 e. The van der Waals surface area contributed by atoms with Gasteiger partial charge in [-0.2, -0.15) is 0 Å². The quantitative estimate of drug-likeness (QED) is 0.135. The molecule has 3 fully saturated rings. The van der Waals surface area contributed by atoms with Crippen LogP contribution in [0.3, 0.4) is 0 Å². The van der Waals surface area contributed by atoms with Crippen molar-refractivity contribution in [1.29, 1.82) is 0 Å². The molecular weight excluding hydrogens is 651 g/mol. The summed E-state index contributed by atoms with van der Waals surface area (Å²) in [6.45, 7) is 9.51. The third-order valence-electron chi connectivity index (χ3n) is 11.9. The Labute approximate surface area is 305 Å². The van der Waals surface area contributed by atoms with Gasteiger partial charge in [-0.3, -0.25) is 14.4 Å². The van der Waals surface area contributed by atoms with Crippen molar-refractivity contribution in [3.8, 4) is 23.0 Å². The first kappa shape index (κ1) is 34.2. The van der Waals surface area contributed by atoms with Crippen molar-refractivity contribution in [1.82, 2.24) is 35.1 Å². The van der Waals surface area contributed by atoms with Crippen molar-refractivity contribution in [2.24, 2.45) is 17.8 Å². The second-order valence-corrected chi connectivity index (χ2v) is 16.0. The number of aromatic amines is 2. The number of benzene rings is 2. The fraction of sp³-hybridized carbons (Fsp3) is 0.500. The number of nitrogens with one attached hydrogen (secondary N) is 3. The number of likely N-dealkylation sites (tertiary alicyclic amines) is 2. The van der Waals surface area contributed by atoms with Crippen LogP contribution in [0.1, 0.15) is 125 Å². The highest BCUT2D eigenvalue weighted by Gasteiger charge is 2.42. The van der Waals surface area contributed by atoms with Crippen molar-refractivity contribution in [2.45, 2.75) is 103 Å². The predicted octanol–water partition coefficient (Wildman–Crippen LogP) is 6.55. The number of carbonyl (C=O) groups is 3. The lowest BCUT2D eigenvalue weighted by Crippen LogP contribution is -2.48. The van der Waals surface area contributed by atoms with Crippen molar-refractivity contribution in [2.75, 3.05) is 13.1 Å². The zero-order valence-electron chi connectivity index (χ0n) is 30.7. The molecule has 270 valence electrons. The van der Waals surface area contributed by atoms with Gasteiger partial charge in [0.2, 0.25) is 18.2 Å². The first-order valence-corrected chi connectivity index (χ1v) is 19.2. The summed E-state index contributed by atoms with van der Waals surface area (Å²) in [5, 5.41) is 2.73. The van der Waals surface area contributed by atoms with E-state index < -0.39 is 6.04 Å². The molecule has 5 atom stereocenters. The van der Waals surface area contributed by atoms with Crippen molar-refractivity contribution >= 4 is 29.3 Å². The fourth-order valence-electron chi connectivity index (χ4n) is 9.13. The van der Waals surface area contributed by atoms with Gasteiger partial charge in [0, 0.05) is 25.1 Å². The zero-order chi connectivity index (χ0) is 36.1. The van der Waals surface area contributed by atoms with E-state index in [0.29, 0.717) is 37.1 Å². The molecule has 10 heteroatoms. The number of hydrogen-bond acceptors (Lipinski definition) is 5. The Kier molecular flexibility index (Phi) is 9.14. The SMILES string of the molecule is CC(C)CC(=O)N1CCC[C@H]1c1ncc(C#Cc2ccc(-c3ccc4nc(C5CCCN5C(=O)C(NC=O)C(C)C)[nH]c4c3)c3c2C2CCC2C3)[nH]1. The van der Waals surface area contributed by atoms with Gasteiger partial charge in [0.25, 0.3) is 0 Å². The number of carbonyl (C=O) groups excluding carboxylic acids is 3. The lowest BCUT2D eigenvalue weighted by Gasteiger charge is -2.31. The summed E-state index contributed by atoms with van der Waals surface area (Å²) >= 11 is 0. The Balaban J connectivity index is 1.05. The largest absolute Gasteiger partial charge is 0.347 e. The van der Waals surface area contributed by atoms with Gasteiger partial charge in [-0.25, -0.2) is 9.97 Å². The highest BCUT2D eigenvalue weighted by Crippen LogP contribution is 2.54. The first-order chi connectivity index (χ1) is 25.2. The summed E-state index contributed by atoms with van der Waals surface area (Å²) in [7, 11) is 0. The molecule has 0 spiro atoms. The maximum absolute atomic E-state index is 13.5. The lowest BCUT2D eigenvalue weighted by molar-refractivity contribution is -0.137. The first-order valence-electron chi connectivity index (χ1n) is 19.2. The van der Waals surface area contributed by atoms with Crippen molar-refractivity contribution in [3.63, 3.8) is 0 Å². The Hall–Kier alpha value is -4.91. The van der Waals surface area contributed by atoms with Crippen molar-refractivity contribution in [3.05, 3.63) is 70.6 Å². The van der Waals surface area contributed by atoms with Crippen LogP contribution in [0, 0.1) is 29.6 Å². The topological polar surface area (TPSA) is 127 Å². The molecule has 4 aromatic rings. The molecule has 8 rings (SSSR count). The minimum atomic E-state index is -0.551. The number of nitrogens with zero attached hydrogens (tertiary/aromatic N) is 4. The van der Waals surface area contributed by atoms with Crippen LogP contribution >= 0.6 is 0 Å². The van der Waals surface area contributed by atoms with E-state index in [0.717, 1.165) is 78.2 Å². The minimum absolute atomic E-state index is 0.00751. The van der Waals surface area contributed by atoms with E-state index in [1.807, 2.05) is 29.8 Å². The number of aromatic nitrogens is 4. The number of amides is 3. The molecule has 4 unspecified atom stereocenters. The summed E-state index contributed by atoms with van der Waals surface area (Å²) < 4.78 is 0. The molecule has 2 aliphatic carbocycles. The average Bonchev–Trinajstić information content (AvgIpc) is 3.94. The van der Waals surface area contributed by atoms with Gasteiger partial charge in [0.1, 0.15) is 23.4 Å². The van der Waals surface area contributed by atoms with Gasteiger partial charge in [-0.15, -0.1) is 0 Å². The molecule has 3 N–H and O–H groups in total. The summed E-state index contributed by atoms with van der Waals surface area (Å²) in [4.78, 5) is 58.1. The van der Waals surface area contributed by atoms with Crippen molar-refractivity contribution < 1.29 is 14.4 Å². The molecule has 3 amide bonds. The number of hydrogen-bond donors (Lipinski definition) is 3. The van der Waals surface area contributed by atoms with E-state index in [2.05, 4.69) is 76.3 Å². The van der Waals surface area contributed by atoms with Gasteiger partial charge < -0.3 is 25.1 Å². The van der Waals surface area contributed by atoms with Crippen LogP contribution in [0.4, 0.5) is 0 Å². The standard InChI is InChI=1S/C42H49N7O3/c1-24(2)19-37(51)48-17-5-7-35(48)40-43-22-29(45-40)13-9-26-10-14-30(32-20-27-11-15-31(27)38(26)32)28-12-16-33-34(21-28)47-41(46-33)36-8-6-18-49(36)42(52)39(25(3)4)44-23-50/h10,12,14,16,21-25,27,31,35-36,39H,5-8,11,15,17-20H2,1-4H3,(H,43,45)(H,44,50)(H,46,47)/t27?,31?,35-,36?,39?/m0/s1. The average molecular weight is 700 g/mol. The molecular formula is C42H49N7O3. The van der Waals surface area contributed by atoms with E-state index >= 15 is 0 Å². The van der Waals surface area contributed by atoms with E-state index in [1.54, 1.807) is 0 Å². The van der Waals surface area contributed by atoms with E-state index in [4.69, 9.17) is 4.98 Å². The van der Waals surface area contributed by atoms with E-state index in [9.17, 15) is 14.4 Å². The molecule has 4 heterocycles. The molecule has 10 nitrogen and oxygen atoms in total. The smallest absolute Gasteiger partial charge is 0.246 e. The third kappa shape index (κ3) is 6.18. The fourth-order valence-corrected chi connectivity index (χ4v) is 9.13. The van der Waals surface area contributed by atoms with E-state index in [1.165, 1.54) is 29.5 Å². The zero-order valence-corrected chi connectivity index (χ0v) is 30.7. The van der Waals surface area contributed by atoms with Crippen LogP contribution in [0.5, 0.6) is 0 Å². The maximum Gasteiger partial charge on any atom is 0.246 e. The van der Waals surface area contributed by atoms with Gasteiger partial charge in [0.15, 0.2) is 0 Å². The Bertz CT molecular complexity index is 2080. The second-order valence-electron chi connectivity index (χ2n) is 16.0. The van der Waals surface area contributed by atoms with Crippen LogP contribution in [-0.2, 0) is 20.8 Å². The lowest BCUT2D eigenvalue weighted by atomic mass is 9.73. The summed E-state index contributed by atoms with van der Waals surface area (Å²) in [6.07, 6.45) is 10.2. The molecule has 0 bridgehead atoms. The Morgan fingerprint density at radius 1 is 0.962 bits per heavy atom. The van der Waals surface area contributed by atoms with Crippen LogP contribution in [-0.4, -0.2) is 67.1 Å². The maximum atomic E-state index is 13.5. The Morgan fingerprint density at radius 2 is 1.75 bits per heavy atom. The van der Waals surface area contributed by atoms with Crippen LogP contribution in [0.25, 0.3) is 22.2 Å². The van der Waals surface area contributed by atoms with Gasteiger partial charge in [0.05, 0.1) is 29.3 Å². The predicted molar refractivity (Wildman–Crippen MR) is 200 cm³/mol. The van der Waals surface area contributed by atoms with Gasteiger partial charge in [-0.05, 0) is 115 Å². The summed E-state index contributed by atoms with van der Waals surface area (Å²) in [5.41, 5.74) is 8.92. The van der Waals surface area contributed by atoms with Gasteiger partial charge in [-0.1, -0.05) is 45.7 Å². The normalized spacial score (nSPS) is 22.7. The van der Waals surface area contributed by atoms with E-state index in [-0.39, 0.29) is 29.8 Å². The molecule has 2 saturated heterocycles. The monoisotopic (exact) mass is 699 g/mol. The summed E-state index contributed by atoms with van der Waals surface area (Å²) in [6, 6.07) is 10.2. The number of fused-ring (bicyclic) bond motifs is 4. The highest BCUT2D eigenvalue weighted by molar-refractivity contribution is 5.86. The molecule has 52 heavy (non-hydrogen) atoms. The van der Waals surface area contributed by atoms with Crippen LogP contribution in [0.15, 0.2) is 36.5 Å². The third-order valence-corrected chi connectivity index (χ3v) is 11.9. The molecule has 2 aliphatic heterocycles. The molecule has 0 radical (unpaired) electrons. The van der Waals surface area contributed by atoms with Gasteiger partial charge >= 0.3 is 0 Å². The number of imidazole rings is 2.